The maximum Gasteiger partial charge on any atom is 0.166 e. The second-order valence-corrected chi connectivity index (χ2v) is 5.19. The molecule has 1 aliphatic carbocycles. The van der Waals surface area contributed by atoms with Crippen LogP contribution in [-0.2, 0) is 12.8 Å². The number of carbonyl (C=O) groups is 1. The molecule has 2 aromatic rings. The van der Waals surface area contributed by atoms with Crippen LogP contribution in [0.3, 0.4) is 0 Å². The first-order valence-corrected chi connectivity index (χ1v) is 6.48. The Balaban J connectivity index is 1.81. The zero-order valence-electron chi connectivity index (χ0n) is 9.90. The maximum atomic E-state index is 12.2. The van der Waals surface area contributed by atoms with Crippen molar-refractivity contribution in [2.75, 3.05) is 0 Å². The van der Waals surface area contributed by atoms with E-state index in [9.17, 15) is 4.79 Å². The highest BCUT2D eigenvalue weighted by Gasteiger charge is 2.29. The summed E-state index contributed by atoms with van der Waals surface area (Å²) in [5, 5.41) is 0.736. The number of hydrogen-bond acceptors (Lipinski definition) is 1. The van der Waals surface area contributed by atoms with E-state index in [1.807, 2.05) is 42.5 Å². The van der Waals surface area contributed by atoms with Gasteiger partial charge in [-0.2, -0.15) is 0 Å². The molecule has 0 bridgehead atoms. The van der Waals surface area contributed by atoms with E-state index in [-0.39, 0.29) is 11.7 Å². The van der Waals surface area contributed by atoms with Gasteiger partial charge in [0, 0.05) is 16.5 Å². The Kier molecular flexibility index (Phi) is 2.92. The lowest BCUT2D eigenvalue weighted by molar-refractivity contribution is 0.0936. The average Bonchev–Trinajstić information content (AvgIpc) is 2.70. The first-order valence-electron chi connectivity index (χ1n) is 6.10. The zero-order chi connectivity index (χ0) is 12.5. The summed E-state index contributed by atoms with van der Waals surface area (Å²) in [5.41, 5.74) is 3.25. The molecular formula is C16H13ClO. The smallest absolute Gasteiger partial charge is 0.166 e. The molecule has 1 nitrogen and oxygen atoms in total. The highest BCUT2D eigenvalue weighted by Crippen LogP contribution is 2.29. The molecule has 0 heterocycles. The summed E-state index contributed by atoms with van der Waals surface area (Å²) in [6.45, 7) is 0. The van der Waals surface area contributed by atoms with Crippen LogP contribution in [0, 0.1) is 5.92 Å². The zero-order valence-corrected chi connectivity index (χ0v) is 10.7. The Bertz CT molecular complexity index is 586. The lowest BCUT2D eigenvalue weighted by Crippen LogP contribution is -2.12. The number of hydrogen-bond donors (Lipinski definition) is 0. The molecule has 0 amide bonds. The summed E-state index contributed by atoms with van der Waals surface area (Å²) < 4.78 is 0. The molecule has 0 aromatic heterocycles. The first kappa shape index (κ1) is 11.5. The highest BCUT2D eigenvalue weighted by atomic mass is 35.5. The second-order valence-electron chi connectivity index (χ2n) is 4.75. The molecule has 0 unspecified atom stereocenters. The molecule has 0 fully saturated rings. The number of Topliss-reactive ketones (excluding diaryl/α,β-unsaturated/α-hetero) is 1. The Labute approximate surface area is 111 Å². The molecule has 90 valence electrons. The van der Waals surface area contributed by atoms with Crippen molar-refractivity contribution in [3.63, 3.8) is 0 Å². The van der Waals surface area contributed by atoms with Gasteiger partial charge in [0.1, 0.15) is 0 Å². The van der Waals surface area contributed by atoms with Crippen molar-refractivity contribution in [2.45, 2.75) is 12.8 Å². The van der Waals surface area contributed by atoms with Crippen molar-refractivity contribution in [3.05, 3.63) is 70.2 Å². The van der Waals surface area contributed by atoms with Crippen molar-refractivity contribution >= 4 is 17.4 Å². The minimum atomic E-state index is 0.0866. The topological polar surface area (TPSA) is 17.1 Å². The summed E-state index contributed by atoms with van der Waals surface area (Å²) in [6, 6.07) is 15.7. The van der Waals surface area contributed by atoms with Crippen molar-refractivity contribution in [3.8, 4) is 0 Å². The van der Waals surface area contributed by atoms with Crippen LogP contribution >= 0.6 is 11.6 Å². The molecule has 2 aromatic carbocycles. The van der Waals surface area contributed by atoms with E-state index in [2.05, 4.69) is 6.07 Å². The Morgan fingerprint density at radius 2 is 1.78 bits per heavy atom. The summed E-state index contributed by atoms with van der Waals surface area (Å²) in [7, 11) is 0. The molecule has 3 rings (SSSR count). The Morgan fingerprint density at radius 3 is 2.50 bits per heavy atom. The molecule has 2 heteroatoms. The van der Waals surface area contributed by atoms with Crippen LogP contribution in [0.4, 0.5) is 0 Å². The van der Waals surface area contributed by atoms with Crippen LogP contribution in [0.2, 0.25) is 5.02 Å². The first-order chi connectivity index (χ1) is 8.74. The number of fused-ring (bicyclic) bond motifs is 1. The third kappa shape index (κ3) is 2.06. The van der Waals surface area contributed by atoms with E-state index in [1.165, 1.54) is 11.1 Å². The van der Waals surface area contributed by atoms with Crippen LogP contribution in [0.5, 0.6) is 0 Å². The normalized spacial score (nSPS) is 17.8. The third-order valence-corrected chi connectivity index (χ3v) is 3.77. The maximum absolute atomic E-state index is 12.2. The highest BCUT2D eigenvalue weighted by molar-refractivity contribution is 6.30. The largest absolute Gasteiger partial charge is 0.294 e. The monoisotopic (exact) mass is 256 g/mol. The molecule has 0 N–H and O–H groups in total. The quantitative estimate of drug-likeness (QED) is 0.796. The van der Waals surface area contributed by atoms with Crippen LogP contribution in [0.1, 0.15) is 21.5 Å². The molecular weight excluding hydrogens is 244 g/mol. The van der Waals surface area contributed by atoms with Gasteiger partial charge in [-0.1, -0.05) is 48.0 Å². The molecule has 0 saturated carbocycles. The molecule has 0 aliphatic heterocycles. The van der Waals surface area contributed by atoms with Crippen molar-refractivity contribution < 1.29 is 4.79 Å². The van der Waals surface area contributed by atoms with Gasteiger partial charge in [0.05, 0.1) is 0 Å². The summed E-state index contributed by atoms with van der Waals surface area (Å²) in [5.74, 6) is 0.365. The number of rotatable bonds is 2. The second kappa shape index (κ2) is 4.58. The van der Waals surface area contributed by atoms with Crippen molar-refractivity contribution in [1.82, 2.24) is 0 Å². The van der Waals surface area contributed by atoms with Crippen LogP contribution in [-0.4, -0.2) is 5.78 Å². The number of halogens is 1. The van der Waals surface area contributed by atoms with Gasteiger partial charge < -0.3 is 0 Å². The van der Waals surface area contributed by atoms with Crippen LogP contribution in [0.15, 0.2) is 48.5 Å². The Morgan fingerprint density at radius 1 is 1.06 bits per heavy atom. The van der Waals surface area contributed by atoms with Gasteiger partial charge in [0.15, 0.2) is 5.78 Å². The van der Waals surface area contributed by atoms with Crippen molar-refractivity contribution in [2.24, 2.45) is 5.92 Å². The minimum absolute atomic E-state index is 0.0866. The van der Waals surface area contributed by atoms with Gasteiger partial charge in [-0.3, -0.25) is 4.79 Å². The van der Waals surface area contributed by atoms with E-state index in [0.29, 0.717) is 0 Å². The fourth-order valence-corrected chi connectivity index (χ4v) is 2.71. The average molecular weight is 257 g/mol. The fraction of sp³-hybridized carbons (Fsp3) is 0.188. The molecule has 1 atom stereocenters. The predicted molar refractivity (Wildman–Crippen MR) is 73.1 cm³/mol. The lowest BCUT2D eigenvalue weighted by Gasteiger charge is -2.07. The van der Waals surface area contributed by atoms with Gasteiger partial charge in [-0.15, -0.1) is 0 Å². The molecule has 0 spiro atoms. The third-order valence-electron chi connectivity index (χ3n) is 3.52. The number of benzene rings is 2. The van der Waals surface area contributed by atoms with Crippen molar-refractivity contribution in [1.29, 1.82) is 0 Å². The van der Waals surface area contributed by atoms with E-state index in [4.69, 9.17) is 11.6 Å². The SMILES string of the molecule is O=C1c2ccccc2C[C@@H]1Cc1ccc(Cl)cc1. The van der Waals surface area contributed by atoms with E-state index < -0.39 is 0 Å². The standard InChI is InChI=1S/C16H13ClO/c17-14-7-5-11(6-8-14)9-13-10-12-3-1-2-4-15(12)16(13)18/h1-8,13H,9-10H2/t13-/m0/s1. The summed E-state index contributed by atoms with van der Waals surface area (Å²) in [6.07, 6.45) is 1.66. The number of ketones is 1. The lowest BCUT2D eigenvalue weighted by atomic mass is 9.96. The van der Waals surface area contributed by atoms with Crippen LogP contribution < -0.4 is 0 Å². The Hall–Kier alpha value is -1.60. The van der Waals surface area contributed by atoms with Gasteiger partial charge in [0.2, 0.25) is 0 Å². The van der Waals surface area contributed by atoms with Gasteiger partial charge >= 0.3 is 0 Å². The summed E-state index contributed by atoms with van der Waals surface area (Å²) >= 11 is 5.86. The molecule has 0 radical (unpaired) electrons. The van der Waals surface area contributed by atoms with E-state index in [1.54, 1.807) is 0 Å². The molecule has 0 saturated heterocycles. The van der Waals surface area contributed by atoms with Gasteiger partial charge in [0.25, 0.3) is 0 Å². The van der Waals surface area contributed by atoms with E-state index in [0.717, 1.165) is 23.4 Å². The predicted octanol–water partition coefficient (Wildman–Crippen LogP) is 3.94. The van der Waals surface area contributed by atoms with Gasteiger partial charge in [-0.05, 0) is 36.1 Å². The fourth-order valence-electron chi connectivity index (χ4n) is 2.59. The minimum Gasteiger partial charge on any atom is -0.294 e. The molecule has 18 heavy (non-hydrogen) atoms. The number of carbonyl (C=O) groups excluding carboxylic acids is 1. The molecule has 1 aliphatic rings. The summed E-state index contributed by atoms with van der Waals surface area (Å²) in [4.78, 5) is 12.2. The van der Waals surface area contributed by atoms with E-state index >= 15 is 0 Å². The van der Waals surface area contributed by atoms with Gasteiger partial charge in [-0.25, -0.2) is 0 Å². The van der Waals surface area contributed by atoms with Crippen LogP contribution in [0.25, 0.3) is 0 Å².